The van der Waals surface area contributed by atoms with Crippen LogP contribution in [0.2, 0.25) is 0 Å². The van der Waals surface area contributed by atoms with Crippen LogP contribution in [0.15, 0.2) is 36.4 Å². The van der Waals surface area contributed by atoms with Gasteiger partial charge in [-0.05, 0) is 30.4 Å². The Balaban J connectivity index is 2.21. The van der Waals surface area contributed by atoms with Crippen molar-refractivity contribution < 1.29 is 23.9 Å². The first-order valence-electron chi connectivity index (χ1n) is 8.99. The quantitative estimate of drug-likeness (QED) is 0.150. The van der Waals surface area contributed by atoms with Crippen LogP contribution in [0.3, 0.4) is 0 Å². The monoisotopic (exact) mass is 536 g/mol. The van der Waals surface area contributed by atoms with Crippen LogP contribution in [0, 0.1) is 10.1 Å². The molecule has 10 nitrogen and oxygen atoms in total. The highest BCUT2D eigenvalue weighted by Gasteiger charge is 2.35. The van der Waals surface area contributed by atoms with Gasteiger partial charge in [-0.25, -0.2) is 0 Å². The molecule has 0 aliphatic heterocycles. The molecule has 0 spiro atoms. The maximum Gasteiger partial charge on any atom is 0.271 e. The molecule has 178 valence electrons. The molecule has 1 atom stereocenters. The number of halogens is 3. The van der Waals surface area contributed by atoms with E-state index in [-0.39, 0.29) is 27.9 Å². The number of alkyl halides is 3. The van der Waals surface area contributed by atoms with Crippen molar-refractivity contribution >= 4 is 69.4 Å². The molecule has 0 aliphatic carbocycles. The van der Waals surface area contributed by atoms with E-state index in [9.17, 15) is 14.9 Å². The third-order valence-electron chi connectivity index (χ3n) is 4.12. The van der Waals surface area contributed by atoms with Crippen molar-refractivity contribution in [3.05, 3.63) is 52.1 Å². The first-order valence-corrected chi connectivity index (χ1v) is 10.5. The predicted octanol–water partition coefficient (Wildman–Crippen LogP) is 4.03. The number of hydrogen-bond acceptors (Lipinski definition) is 7. The van der Waals surface area contributed by atoms with Crippen LogP contribution in [0.4, 0.5) is 11.4 Å². The van der Waals surface area contributed by atoms with Crippen LogP contribution in [-0.4, -0.2) is 47.2 Å². The second-order valence-electron chi connectivity index (χ2n) is 6.27. The molecule has 2 aromatic rings. The van der Waals surface area contributed by atoms with Gasteiger partial charge in [0.2, 0.25) is 9.54 Å². The minimum absolute atomic E-state index is 0.0583. The Kier molecular flexibility index (Phi) is 9.17. The van der Waals surface area contributed by atoms with E-state index in [4.69, 9.17) is 61.2 Å². The standard InChI is InChI=1S/C19H19Cl3N4O6S/c1-30-13-7-10(8-14(31-2)15(13)32-3)16(27)24-17(19(20,21)22)25-18(33)23-11-5-4-6-12(9-11)26(28)29/h4-9,17H,1-3H3,(H,24,27)(H2,23,25,33)/t17-/m0/s1. The van der Waals surface area contributed by atoms with Gasteiger partial charge in [0.15, 0.2) is 16.6 Å². The summed E-state index contributed by atoms with van der Waals surface area (Å²) in [5, 5.41) is 18.8. The van der Waals surface area contributed by atoms with Gasteiger partial charge in [0.05, 0.1) is 26.3 Å². The van der Waals surface area contributed by atoms with Crippen LogP contribution in [0.1, 0.15) is 10.4 Å². The molecule has 0 heterocycles. The van der Waals surface area contributed by atoms with Crippen LogP contribution < -0.4 is 30.2 Å². The summed E-state index contributed by atoms with van der Waals surface area (Å²) >= 11 is 23.2. The number of hydrogen-bond donors (Lipinski definition) is 3. The number of amides is 1. The van der Waals surface area contributed by atoms with Crippen molar-refractivity contribution in [3.8, 4) is 17.2 Å². The lowest BCUT2D eigenvalue weighted by atomic mass is 10.1. The largest absolute Gasteiger partial charge is 0.493 e. The molecule has 0 unspecified atom stereocenters. The highest BCUT2D eigenvalue weighted by Crippen LogP contribution is 2.38. The summed E-state index contributed by atoms with van der Waals surface area (Å²) in [7, 11) is 4.24. The number of thiocarbonyl (C=S) groups is 1. The number of nitrogens with zero attached hydrogens (tertiary/aromatic N) is 1. The van der Waals surface area contributed by atoms with Crippen molar-refractivity contribution in [2.45, 2.75) is 9.96 Å². The summed E-state index contributed by atoms with van der Waals surface area (Å²) < 4.78 is 13.7. The van der Waals surface area contributed by atoms with E-state index in [0.717, 1.165) is 0 Å². The average Bonchev–Trinajstić information content (AvgIpc) is 2.76. The second-order valence-corrected chi connectivity index (χ2v) is 9.05. The highest BCUT2D eigenvalue weighted by atomic mass is 35.6. The Hall–Kier alpha value is -2.73. The minimum Gasteiger partial charge on any atom is -0.493 e. The number of benzene rings is 2. The molecule has 0 saturated heterocycles. The van der Waals surface area contributed by atoms with Gasteiger partial charge in [0.1, 0.15) is 6.17 Å². The van der Waals surface area contributed by atoms with Crippen molar-refractivity contribution in [2.24, 2.45) is 0 Å². The zero-order chi connectivity index (χ0) is 24.8. The molecule has 0 bridgehead atoms. The number of nitro benzene ring substituents is 1. The third-order valence-corrected chi connectivity index (χ3v) is 4.99. The number of anilines is 1. The fraction of sp³-hybridized carbons (Fsp3) is 0.263. The zero-order valence-electron chi connectivity index (χ0n) is 17.5. The van der Waals surface area contributed by atoms with Gasteiger partial charge in [0, 0.05) is 23.4 Å². The third kappa shape index (κ3) is 7.13. The van der Waals surface area contributed by atoms with E-state index in [1.807, 2.05) is 0 Å². The van der Waals surface area contributed by atoms with Crippen molar-refractivity contribution in [1.29, 1.82) is 0 Å². The van der Waals surface area contributed by atoms with Crippen LogP contribution >= 0.6 is 47.0 Å². The number of nitro groups is 1. The van der Waals surface area contributed by atoms with Crippen molar-refractivity contribution in [3.63, 3.8) is 0 Å². The molecule has 0 aliphatic rings. The lowest BCUT2D eigenvalue weighted by Gasteiger charge is -2.28. The second kappa shape index (κ2) is 11.4. The molecule has 14 heteroatoms. The Morgan fingerprint density at radius 1 is 1.06 bits per heavy atom. The number of nitrogens with one attached hydrogen (secondary N) is 3. The van der Waals surface area contributed by atoms with E-state index in [0.29, 0.717) is 11.4 Å². The van der Waals surface area contributed by atoms with E-state index in [1.54, 1.807) is 6.07 Å². The highest BCUT2D eigenvalue weighted by molar-refractivity contribution is 7.80. The van der Waals surface area contributed by atoms with E-state index >= 15 is 0 Å². The average molecular weight is 538 g/mol. The van der Waals surface area contributed by atoms with Crippen LogP contribution in [-0.2, 0) is 0 Å². The van der Waals surface area contributed by atoms with Crippen LogP contribution in [0.25, 0.3) is 0 Å². The molecule has 0 aromatic heterocycles. The Bertz CT molecular complexity index is 1030. The minimum atomic E-state index is -2.02. The first kappa shape index (κ1) is 26.5. The molecular weight excluding hydrogens is 519 g/mol. The topological polar surface area (TPSA) is 124 Å². The smallest absolute Gasteiger partial charge is 0.271 e. The van der Waals surface area contributed by atoms with Crippen LogP contribution in [0.5, 0.6) is 17.2 Å². The van der Waals surface area contributed by atoms with Gasteiger partial charge in [-0.3, -0.25) is 14.9 Å². The molecule has 3 N–H and O–H groups in total. The number of ether oxygens (including phenoxy) is 3. The number of non-ortho nitro benzene ring substituents is 1. The predicted molar refractivity (Wildman–Crippen MR) is 130 cm³/mol. The molecule has 33 heavy (non-hydrogen) atoms. The lowest BCUT2D eigenvalue weighted by Crippen LogP contribution is -2.56. The summed E-state index contributed by atoms with van der Waals surface area (Å²) in [6.07, 6.45) is -1.28. The molecule has 0 fully saturated rings. The van der Waals surface area contributed by atoms with E-state index in [2.05, 4.69) is 16.0 Å². The molecular formula is C19H19Cl3N4O6S. The summed E-state index contributed by atoms with van der Waals surface area (Å²) in [5.74, 6) is 0.165. The molecule has 1 amide bonds. The number of carbonyl (C=O) groups is 1. The first-order chi connectivity index (χ1) is 15.5. The maximum atomic E-state index is 12.9. The Morgan fingerprint density at radius 2 is 1.67 bits per heavy atom. The zero-order valence-corrected chi connectivity index (χ0v) is 20.6. The van der Waals surface area contributed by atoms with Gasteiger partial charge in [-0.15, -0.1) is 0 Å². The Morgan fingerprint density at radius 3 is 2.15 bits per heavy atom. The van der Waals surface area contributed by atoms with Gasteiger partial charge < -0.3 is 30.2 Å². The number of rotatable bonds is 8. The normalized spacial score (nSPS) is 11.7. The summed E-state index contributed by atoms with van der Waals surface area (Å²) in [4.78, 5) is 23.3. The molecule has 2 rings (SSSR count). The van der Waals surface area contributed by atoms with Crippen molar-refractivity contribution in [2.75, 3.05) is 26.6 Å². The maximum absolute atomic E-state index is 12.9. The van der Waals surface area contributed by atoms with Gasteiger partial charge in [0.25, 0.3) is 11.6 Å². The number of carbonyl (C=O) groups excluding carboxylic acids is 1. The number of methoxy groups -OCH3 is 3. The van der Waals surface area contributed by atoms with Gasteiger partial charge in [-0.1, -0.05) is 40.9 Å². The Labute approximate surface area is 209 Å². The summed E-state index contributed by atoms with van der Waals surface area (Å²) in [6, 6.07) is 8.47. The summed E-state index contributed by atoms with van der Waals surface area (Å²) in [6.45, 7) is 0. The fourth-order valence-corrected chi connectivity index (χ4v) is 3.18. The molecule has 2 aromatic carbocycles. The SMILES string of the molecule is COc1cc(C(=O)N[C@@H](NC(=S)Nc2cccc([N+](=O)[O-])c2)C(Cl)(Cl)Cl)cc(OC)c1OC. The van der Waals surface area contributed by atoms with E-state index in [1.165, 1.54) is 51.7 Å². The summed E-state index contributed by atoms with van der Waals surface area (Å²) in [5.41, 5.74) is 0.306. The van der Waals surface area contributed by atoms with Crippen molar-refractivity contribution in [1.82, 2.24) is 10.6 Å². The lowest BCUT2D eigenvalue weighted by molar-refractivity contribution is -0.384. The van der Waals surface area contributed by atoms with Gasteiger partial charge >= 0.3 is 0 Å². The van der Waals surface area contributed by atoms with Gasteiger partial charge in [-0.2, -0.15) is 0 Å². The fourth-order valence-electron chi connectivity index (χ4n) is 2.62. The molecule has 0 radical (unpaired) electrons. The molecule has 0 saturated carbocycles. The van der Waals surface area contributed by atoms with E-state index < -0.39 is 20.8 Å².